The van der Waals surface area contributed by atoms with E-state index >= 15 is 0 Å². The van der Waals surface area contributed by atoms with Crippen molar-refractivity contribution >= 4 is 17.6 Å². The first-order chi connectivity index (χ1) is 9.95. The number of nitrogens with two attached hydrogens (primary N) is 1. The third-order valence-corrected chi connectivity index (χ3v) is 3.57. The lowest BCUT2D eigenvalue weighted by Crippen LogP contribution is -2.23. The zero-order chi connectivity index (χ0) is 15.4. The molecule has 1 aliphatic carbocycles. The van der Waals surface area contributed by atoms with Crippen LogP contribution >= 0.6 is 0 Å². The zero-order valence-electron chi connectivity index (χ0n) is 12.5. The fourth-order valence-corrected chi connectivity index (χ4v) is 2.47. The van der Waals surface area contributed by atoms with E-state index in [-0.39, 0.29) is 29.9 Å². The van der Waals surface area contributed by atoms with Gasteiger partial charge >= 0.3 is 5.97 Å². The van der Waals surface area contributed by atoms with Gasteiger partial charge in [0.25, 0.3) is 0 Å². The molecular formula is C16H22N2O3. The molecule has 21 heavy (non-hydrogen) atoms. The van der Waals surface area contributed by atoms with Crippen molar-refractivity contribution in [3.63, 3.8) is 0 Å². The van der Waals surface area contributed by atoms with Crippen molar-refractivity contribution in [2.45, 2.75) is 45.3 Å². The Balaban J connectivity index is 1.93. The smallest absolute Gasteiger partial charge is 0.338 e. The first-order valence-corrected chi connectivity index (χ1v) is 7.33. The van der Waals surface area contributed by atoms with Gasteiger partial charge in [-0.2, -0.15) is 0 Å². The largest absolute Gasteiger partial charge is 0.459 e. The summed E-state index contributed by atoms with van der Waals surface area (Å²) in [5.41, 5.74) is 6.98. The van der Waals surface area contributed by atoms with E-state index in [1.165, 1.54) is 0 Å². The van der Waals surface area contributed by atoms with Crippen LogP contribution in [-0.4, -0.2) is 24.0 Å². The first-order valence-electron chi connectivity index (χ1n) is 7.33. The standard InChI is InChI=1S/C16H22N2O3/c1-10(2)21-16(20)11-4-7-14(8-5-11)18-15(19)12-3-6-13(17)9-12/h4-5,7-8,10,12-13H,3,6,9,17H2,1-2H3,(H,18,19). The van der Waals surface area contributed by atoms with Gasteiger partial charge in [0.2, 0.25) is 5.91 Å². The van der Waals surface area contributed by atoms with Crippen LogP contribution in [-0.2, 0) is 9.53 Å². The van der Waals surface area contributed by atoms with Gasteiger partial charge in [-0.3, -0.25) is 4.79 Å². The Labute approximate surface area is 124 Å². The zero-order valence-corrected chi connectivity index (χ0v) is 12.5. The normalized spacial score (nSPS) is 21.3. The molecule has 1 aromatic rings. The molecule has 0 spiro atoms. The molecule has 2 rings (SSSR count). The van der Waals surface area contributed by atoms with Crippen LogP contribution in [0.25, 0.3) is 0 Å². The maximum absolute atomic E-state index is 12.1. The number of benzene rings is 1. The minimum absolute atomic E-state index is 0.000423. The summed E-state index contributed by atoms with van der Waals surface area (Å²) in [6.45, 7) is 3.61. The third kappa shape index (κ3) is 4.29. The second kappa shape index (κ2) is 6.72. The number of rotatable bonds is 4. The van der Waals surface area contributed by atoms with Crippen molar-refractivity contribution in [1.82, 2.24) is 0 Å². The van der Waals surface area contributed by atoms with Gasteiger partial charge < -0.3 is 15.8 Å². The molecule has 0 aromatic heterocycles. The van der Waals surface area contributed by atoms with Crippen molar-refractivity contribution in [2.24, 2.45) is 11.7 Å². The molecule has 0 heterocycles. The Hall–Kier alpha value is -1.88. The number of amides is 1. The molecule has 0 bridgehead atoms. The lowest BCUT2D eigenvalue weighted by molar-refractivity contribution is -0.119. The number of carbonyl (C=O) groups is 2. The molecule has 2 unspecified atom stereocenters. The quantitative estimate of drug-likeness (QED) is 0.834. The maximum atomic E-state index is 12.1. The molecule has 0 radical (unpaired) electrons. The number of carbonyl (C=O) groups excluding carboxylic acids is 2. The van der Waals surface area contributed by atoms with Gasteiger partial charge in [-0.15, -0.1) is 0 Å². The highest BCUT2D eigenvalue weighted by Gasteiger charge is 2.27. The van der Waals surface area contributed by atoms with Crippen molar-refractivity contribution in [1.29, 1.82) is 0 Å². The van der Waals surface area contributed by atoms with Crippen LogP contribution in [0.2, 0.25) is 0 Å². The SMILES string of the molecule is CC(C)OC(=O)c1ccc(NC(=O)C2CCC(N)C2)cc1. The number of hydrogen-bond acceptors (Lipinski definition) is 4. The number of hydrogen-bond donors (Lipinski definition) is 2. The molecule has 5 nitrogen and oxygen atoms in total. The van der Waals surface area contributed by atoms with Crippen LogP contribution in [0, 0.1) is 5.92 Å². The molecule has 114 valence electrons. The number of ether oxygens (including phenoxy) is 1. The van der Waals surface area contributed by atoms with E-state index in [0.717, 1.165) is 19.3 Å². The number of nitrogens with one attached hydrogen (secondary N) is 1. The summed E-state index contributed by atoms with van der Waals surface area (Å²) in [7, 11) is 0. The van der Waals surface area contributed by atoms with E-state index in [9.17, 15) is 9.59 Å². The van der Waals surface area contributed by atoms with Gasteiger partial charge in [-0.05, 0) is 57.4 Å². The lowest BCUT2D eigenvalue weighted by Gasteiger charge is -2.11. The molecule has 1 fully saturated rings. The van der Waals surface area contributed by atoms with Gasteiger partial charge in [0, 0.05) is 17.6 Å². The molecule has 3 N–H and O–H groups in total. The fourth-order valence-electron chi connectivity index (χ4n) is 2.47. The Morgan fingerprint density at radius 1 is 1.24 bits per heavy atom. The van der Waals surface area contributed by atoms with Gasteiger partial charge in [-0.25, -0.2) is 4.79 Å². The van der Waals surface area contributed by atoms with Crippen molar-refractivity contribution in [2.75, 3.05) is 5.32 Å². The van der Waals surface area contributed by atoms with E-state index in [4.69, 9.17) is 10.5 Å². The van der Waals surface area contributed by atoms with Crippen LogP contribution in [0.1, 0.15) is 43.5 Å². The van der Waals surface area contributed by atoms with E-state index in [2.05, 4.69) is 5.32 Å². The molecule has 5 heteroatoms. The minimum Gasteiger partial charge on any atom is -0.459 e. The highest BCUT2D eigenvalue weighted by atomic mass is 16.5. The minimum atomic E-state index is -0.357. The predicted molar refractivity (Wildman–Crippen MR) is 80.9 cm³/mol. The van der Waals surface area contributed by atoms with E-state index in [0.29, 0.717) is 11.3 Å². The predicted octanol–water partition coefficient (Wildman–Crippen LogP) is 2.32. The van der Waals surface area contributed by atoms with Gasteiger partial charge in [0.05, 0.1) is 11.7 Å². The summed E-state index contributed by atoms with van der Waals surface area (Å²) in [5.74, 6) is -0.365. The molecule has 1 aliphatic rings. The highest BCUT2D eigenvalue weighted by molar-refractivity contribution is 5.94. The highest BCUT2D eigenvalue weighted by Crippen LogP contribution is 2.25. The summed E-state index contributed by atoms with van der Waals surface area (Å²) in [6, 6.07) is 6.86. The van der Waals surface area contributed by atoms with E-state index in [1.807, 2.05) is 0 Å². The van der Waals surface area contributed by atoms with Crippen LogP contribution in [0.3, 0.4) is 0 Å². The van der Waals surface area contributed by atoms with Crippen molar-refractivity contribution in [3.05, 3.63) is 29.8 Å². The third-order valence-electron chi connectivity index (χ3n) is 3.57. The van der Waals surface area contributed by atoms with Crippen LogP contribution < -0.4 is 11.1 Å². The topological polar surface area (TPSA) is 81.4 Å². The lowest BCUT2D eigenvalue weighted by atomic mass is 10.1. The van der Waals surface area contributed by atoms with Crippen molar-refractivity contribution in [3.8, 4) is 0 Å². The van der Waals surface area contributed by atoms with E-state index in [1.54, 1.807) is 38.1 Å². The summed E-state index contributed by atoms with van der Waals surface area (Å²) >= 11 is 0. The summed E-state index contributed by atoms with van der Waals surface area (Å²) in [4.78, 5) is 23.8. The Kier molecular flexibility index (Phi) is 4.96. The molecule has 0 saturated heterocycles. The average Bonchev–Trinajstić information content (AvgIpc) is 2.85. The molecular weight excluding hydrogens is 268 g/mol. The van der Waals surface area contributed by atoms with Gasteiger partial charge in [-0.1, -0.05) is 0 Å². The van der Waals surface area contributed by atoms with E-state index < -0.39 is 0 Å². The Morgan fingerprint density at radius 2 is 1.90 bits per heavy atom. The average molecular weight is 290 g/mol. The molecule has 2 atom stereocenters. The molecule has 1 saturated carbocycles. The molecule has 0 aliphatic heterocycles. The molecule has 1 amide bonds. The van der Waals surface area contributed by atoms with Crippen LogP contribution in [0.15, 0.2) is 24.3 Å². The fraction of sp³-hybridized carbons (Fsp3) is 0.500. The summed E-state index contributed by atoms with van der Waals surface area (Å²) < 4.78 is 5.11. The summed E-state index contributed by atoms with van der Waals surface area (Å²) in [6.07, 6.45) is 2.33. The van der Waals surface area contributed by atoms with Crippen molar-refractivity contribution < 1.29 is 14.3 Å². The number of anilines is 1. The second-order valence-electron chi connectivity index (χ2n) is 5.79. The van der Waals surface area contributed by atoms with Gasteiger partial charge in [0.1, 0.15) is 0 Å². The first kappa shape index (κ1) is 15.5. The molecule has 1 aromatic carbocycles. The maximum Gasteiger partial charge on any atom is 0.338 e. The van der Waals surface area contributed by atoms with Gasteiger partial charge in [0.15, 0.2) is 0 Å². The summed E-state index contributed by atoms with van der Waals surface area (Å²) in [5, 5.41) is 2.86. The second-order valence-corrected chi connectivity index (χ2v) is 5.79. The van der Waals surface area contributed by atoms with Crippen LogP contribution in [0.5, 0.6) is 0 Å². The number of esters is 1. The Bertz CT molecular complexity index is 511. The van der Waals surface area contributed by atoms with Crippen LogP contribution in [0.4, 0.5) is 5.69 Å². The Morgan fingerprint density at radius 3 is 2.43 bits per heavy atom. The monoisotopic (exact) mass is 290 g/mol.